The van der Waals surface area contributed by atoms with Crippen molar-refractivity contribution in [3.63, 3.8) is 0 Å². The lowest BCUT2D eigenvalue weighted by molar-refractivity contribution is 0.479. The fourth-order valence-corrected chi connectivity index (χ4v) is 2.17. The van der Waals surface area contributed by atoms with Gasteiger partial charge in [-0.1, -0.05) is 13.8 Å². The van der Waals surface area contributed by atoms with E-state index < -0.39 is 0 Å². The molecule has 0 aliphatic rings. The van der Waals surface area contributed by atoms with Crippen molar-refractivity contribution in [2.75, 3.05) is 6.54 Å². The second kappa shape index (κ2) is 4.41. The number of nitrogens with two attached hydrogens (primary N) is 1. The molecule has 0 saturated carbocycles. The van der Waals surface area contributed by atoms with E-state index in [2.05, 4.69) is 29.0 Å². The Morgan fingerprint density at radius 3 is 2.59 bits per heavy atom. The van der Waals surface area contributed by atoms with Gasteiger partial charge >= 0.3 is 0 Å². The smallest absolute Gasteiger partial charge is 0.255 e. The third kappa shape index (κ3) is 2.02. The lowest BCUT2D eigenvalue weighted by Gasteiger charge is -2.17. The van der Waals surface area contributed by atoms with E-state index in [9.17, 15) is 0 Å². The number of nitrogens with zero attached hydrogens (tertiary/aromatic N) is 4. The first-order valence-corrected chi connectivity index (χ1v) is 5.94. The van der Waals surface area contributed by atoms with Crippen molar-refractivity contribution in [1.29, 1.82) is 0 Å². The lowest BCUT2D eigenvalue weighted by Crippen LogP contribution is -2.21. The number of hydrogen-bond donors (Lipinski definition) is 1. The molecule has 0 fully saturated rings. The maximum Gasteiger partial charge on any atom is 0.255 e. The van der Waals surface area contributed by atoms with Crippen molar-refractivity contribution >= 4 is 5.78 Å². The third-order valence-electron chi connectivity index (χ3n) is 3.11. The van der Waals surface area contributed by atoms with Crippen LogP contribution in [-0.4, -0.2) is 26.1 Å². The molecule has 2 N–H and O–H groups in total. The predicted molar refractivity (Wildman–Crippen MR) is 66.9 cm³/mol. The Hall–Kier alpha value is -1.49. The minimum atomic E-state index is 0.216. The van der Waals surface area contributed by atoms with Crippen LogP contribution >= 0.6 is 0 Å². The van der Waals surface area contributed by atoms with Crippen LogP contribution in [-0.2, 0) is 0 Å². The first-order chi connectivity index (χ1) is 8.04. The van der Waals surface area contributed by atoms with E-state index >= 15 is 0 Å². The second-order valence-electron chi connectivity index (χ2n) is 4.82. The molecule has 0 aromatic carbocycles. The molecule has 0 aliphatic carbocycles. The van der Waals surface area contributed by atoms with Gasteiger partial charge in [-0.25, -0.2) is 4.98 Å². The molecule has 2 rings (SSSR count). The molecule has 0 amide bonds. The standard InChI is InChI=1S/C12H19N5/c1-7(2)10(6-13)11-15-16-12-14-8(3)5-9(4)17(11)12/h5,7,10H,6,13H2,1-4H3. The molecule has 17 heavy (non-hydrogen) atoms. The molecule has 1 unspecified atom stereocenters. The van der Waals surface area contributed by atoms with Crippen molar-refractivity contribution < 1.29 is 0 Å². The molecule has 2 heterocycles. The summed E-state index contributed by atoms with van der Waals surface area (Å²) in [7, 11) is 0. The molecule has 0 aliphatic heterocycles. The van der Waals surface area contributed by atoms with Gasteiger partial charge in [0.05, 0.1) is 0 Å². The zero-order valence-corrected chi connectivity index (χ0v) is 10.8. The molecular weight excluding hydrogens is 214 g/mol. The van der Waals surface area contributed by atoms with E-state index in [1.54, 1.807) is 0 Å². The fourth-order valence-electron chi connectivity index (χ4n) is 2.17. The summed E-state index contributed by atoms with van der Waals surface area (Å²) < 4.78 is 2.00. The van der Waals surface area contributed by atoms with E-state index in [1.165, 1.54) is 0 Å². The van der Waals surface area contributed by atoms with Gasteiger partial charge in [0.2, 0.25) is 0 Å². The summed E-state index contributed by atoms with van der Waals surface area (Å²) in [6.45, 7) is 8.88. The maximum atomic E-state index is 5.83. The molecule has 92 valence electrons. The average molecular weight is 233 g/mol. The Bertz CT molecular complexity index is 529. The van der Waals surface area contributed by atoms with Gasteiger partial charge in [-0.05, 0) is 25.8 Å². The van der Waals surface area contributed by atoms with Gasteiger partial charge in [0.25, 0.3) is 5.78 Å². The first kappa shape index (κ1) is 12.0. The van der Waals surface area contributed by atoms with Gasteiger partial charge in [0.15, 0.2) is 0 Å². The van der Waals surface area contributed by atoms with Crippen LogP contribution in [0, 0.1) is 19.8 Å². The van der Waals surface area contributed by atoms with Crippen LogP contribution in [0.5, 0.6) is 0 Å². The summed E-state index contributed by atoms with van der Waals surface area (Å²) in [5, 5.41) is 8.40. The minimum absolute atomic E-state index is 0.216. The number of aryl methyl sites for hydroxylation is 2. The van der Waals surface area contributed by atoms with Gasteiger partial charge in [-0.3, -0.25) is 4.40 Å². The van der Waals surface area contributed by atoms with Crippen LogP contribution in [0.1, 0.15) is 37.0 Å². The Morgan fingerprint density at radius 1 is 1.29 bits per heavy atom. The molecule has 0 bridgehead atoms. The highest BCUT2D eigenvalue weighted by Gasteiger charge is 2.21. The Morgan fingerprint density at radius 2 is 2.00 bits per heavy atom. The van der Waals surface area contributed by atoms with Crippen LogP contribution < -0.4 is 5.73 Å². The number of rotatable bonds is 3. The van der Waals surface area contributed by atoms with Crippen LogP contribution in [0.15, 0.2) is 6.07 Å². The summed E-state index contributed by atoms with van der Waals surface area (Å²) >= 11 is 0. The van der Waals surface area contributed by atoms with Crippen LogP contribution in [0.2, 0.25) is 0 Å². The normalized spacial score (nSPS) is 13.5. The molecule has 0 radical (unpaired) electrons. The van der Waals surface area contributed by atoms with Crippen LogP contribution in [0.3, 0.4) is 0 Å². The van der Waals surface area contributed by atoms with Gasteiger partial charge < -0.3 is 5.73 Å². The van der Waals surface area contributed by atoms with Gasteiger partial charge in [-0.15, -0.1) is 10.2 Å². The number of aromatic nitrogens is 4. The molecule has 2 aromatic heterocycles. The molecule has 0 saturated heterocycles. The van der Waals surface area contributed by atoms with Crippen LogP contribution in [0.25, 0.3) is 5.78 Å². The Balaban J connectivity index is 2.63. The summed E-state index contributed by atoms with van der Waals surface area (Å²) in [5.74, 6) is 2.24. The molecular formula is C12H19N5. The molecule has 2 aromatic rings. The first-order valence-electron chi connectivity index (χ1n) is 5.94. The summed E-state index contributed by atoms with van der Waals surface area (Å²) in [6.07, 6.45) is 0. The average Bonchev–Trinajstić information content (AvgIpc) is 2.62. The molecule has 5 nitrogen and oxygen atoms in total. The number of fused-ring (bicyclic) bond motifs is 1. The quantitative estimate of drug-likeness (QED) is 0.871. The van der Waals surface area contributed by atoms with Crippen LogP contribution in [0.4, 0.5) is 0 Å². The van der Waals surface area contributed by atoms with Gasteiger partial charge in [0.1, 0.15) is 5.82 Å². The van der Waals surface area contributed by atoms with Gasteiger partial charge in [-0.2, -0.15) is 0 Å². The predicted octanol–water partition coefficient (Wildman–Crippen LogP) is 1.44. The monoisotopic (exact) mass is 233 g/mol. The zero-order valence-electron chi connectivity index (χ0n) is 10.8. The highest BCUT2D eigenvalue weighted by atomic mass is 15.3. The van der Waals surface area contributed by atoms with Crippen molar-refractivity contribution in [2.45, 2.75) is 33.6 Å². The fraction of sp³-hybridized carbons (Fsp3) is 0.583. The van der Waals surface area contributed by atoms with E-state index in [0.717, 1.165) is 17.2 Å². The lowest BCUT2D eigenvalue weighted by atomic mass is 9.95. The molecule has 5 heteroatoms. The summed E-state index contributed by atoms with van der Waals surface area (Å²) in [5.41, 5.74) is 7.90. The van der Waals surface area contributed by atoms with Crippen molar-refractivity contribution in [3.05, 3.63) is 23.3 Å². The largest absolute Gasteiger partial charge is 0.330 e. The summed E-state index contributed by atoms with van der Waals surface area (Å²) in [6, 6.07) is 2.04. The highest BCUT2D eigenvalue weighted by Crippen LogP contribution is 2.22. The third-order valence-corrected chi connectivity index (χ3v) is 3.11. The topological polar surface area (TPSA) is 69.1 Å². The van der Waals surface area contributed by atoms with E-state index in [-0.39, 0.29) is 5.92 Å². The van der Waals surface area contributed by atoms with Crippen molar-refractivity contribution in [1.82, 2.24) is 19.6 Å². The Kier molecular flexibility index (Phi) is 3.11. The summed E-state index contributed by atoms with van der Waals surface area (Å²) in [4.78, 5) is 4.38. The van der Waals surface area contributed by atoms with E-state index in [4.69, 9.17) is 5.73 Å². The maximum absolute atomic E-state index is 5.83. The molecule has 0 spiro atoms. The van der Waals surface area contributed by atoms with E-state index in [0.29, 0.717) is 18.2 Å². The zero-order chi connectivity index (χ0) is 12.6. The van der Waals surface area contributed by atoms with E-state index in [1.807, 2.05) is 24.3 Å². The Labute approximate surface area is 101 Å². The minimum Gasteiger partial charge on any atom is -0.330 e. The van der Waals surface area contributed by atoms with Gasteiger partial charge in [0, 0.05) is 23.9 Å². The molecule has 1 atom stereocenters. The van der Waals surface area contributed by atoms with Crippen molar-refractivity contribution in [2.24, 2.45) is 11.7 Å². The highest BCUT2D eigenvalue weighted by molar-refractivity contribution is 5.33. The number of hydrogen-bond acceptors (Lipinski definition) is 4. The van der Waals surface area contributed by atoms with Crippen molar-refractivity contribution in [3.8, 4) is 0 Å². The SMILES string of the molecule is Cc1cc(C)n2c(C(CN)C(C)C)nnc2n1. The second-order valence-corrected chi connectivity index (χ2v) is 4.82.